The molecule has 0 N–H and O–H groups in total. The lowest BCUT2D eigenvalue weighted by Gasteiger charge is -2.29. The maximum absolute atomic E-state index is 2.42. The molecular formula is C58H40N2. The molecule has 0 radical (unpaired) electrons. The molecule has 0 aliphatic heterocycles. The molecule has 0 atom stereocenters. The van der Waals surface area contributed by atoms with Crippen LogP contribution in [0, 0.1) is 0 Å². The fraction of sp³-hybridized carbons (Fsp3) is 0. The number of anilines is 3. The number of fused-ring (bicyclic) bond motifs is 4. The maximum atomic E-state index is 2.42. The van der Waals surface area contributed by atoms with E-state index in [0.29, 0.717) is 0 Å². The summed E-state index contributed by atoms with van der Waals surface area (Å²) in [5, 5.41) is 5.02. The standard InChI is InChI=1S/C58H40N2/c1-3-17-44(18-4-1)54-40-48(51-24-9-12-27-55(51)60-56-28-13-10-25-52(56)53-26-11-14-29-57(53)60)36-37-58(54)59(49-21-5-2-6-22-49)50-23-15-20-46(39-50)42-30-32-43(33-31-42)47-35-34-41-16-7-8-19-45(41)38-47/h1-40H. The van der Waals surface area contributed by atoms with E-state index in [4.69, 9.17) is 0 Å². The first kappa shape index (κ1) is 35.2. The molecule has 0 saturated carbocycles. The van der Waals surface area contributed by atoms with Crippen LogP contribution < -0.4 is 4.90 Å². The average Bonchev–Trinajstić information content (AvgIpc) is 3.66. The quantitative estimate of drug-likeness (QED) is 0.150. The maximum Gasteiger partial charge on any atom is 0.0541 e. The molecule has 0 fully saturated rings. The second-order valence-electron chi connectivity index (χ2n) is 15.3. The smallest absolute Gasteiger partial charge is 0.0541 e. The second kappa shape index (κ2) is 15.1. The van der Waals surface area contributed by atoms with Gasteiger partial charge < -0.3 is 9.47 Å². The van der Waals surface area contributed by atoms with Crippen LogP contribution in [0.2, 0.25) is 0 Å². The molecule has 10 aromatic carbocycles. The van der Waals surface area contributed by atoms with Crippen molar-refractivity contribution in [3.8, 4) is 50.2 Å². The van der Waals surface area contributed by atoms with Crippen LogP contribution >= 0.6 is 0 Å². The SMILES string of the molecule is c1ccc(-c2cc(-c3ccccc3-n3c4ccccc4c4ccccc43)ccc2N(c2ccccc2)c2cccc(-c3ccc(-c4ccc5ccccc5c4)cc3)c2)cc1. The van der Waals surface area contributed by atoms with Gasteiger partial charge in [-0.1, -0.05) is 182 Å². The number of hydrogen-bond acceptors (Lipinski definition) is 1. The molecule has 0 unspecified atom stereocenters. The normalized spacial score (nSPS) is 11.3. The van der Waals surface area contributed by atoms with E-state index < -0.39 is 0 Å². The minimum Gasteiger partial charge on any atom is -0.310 e. The summed E-state index contributed by atoms with van der Waals surface area (Å²) < 4.78 is 2.42. The zero-order valence-corrected chi connectivity index (χ0v) is 33.0. The third-order valence-corrected chi connectivity index (χ3v) is 11.8. The van der Waals surface area contributed by atoms with Gasteiger partial charge in [-0.05, 0) is 105 Å². The van der Waals surface area contributed by atoms with Crippen molar-refractivity contribution in [3.63, 3.8) is 0 Å². The summed E-state index contributed by atoms with van der Waals surface area (Å²) in [6, 6.07) is 87.9. The summed E-state index contributed by atoms with van der Waals surface area (Å²) in [5.74, 6) is 0. The van der Waals surface area contributed by atoms with E-state index in [1.54, 1.807) is 0 Å². The molecule has 11 rings (SSSR count). The highest BCUT2D eigenvalue weighted by atomic mass is 15.1. The number of aromatic nitrogens is 1. The van der Waals surface area contributed by atoms with Gasteiger partial charge in [0.05, 0.1) is 22.4 Å². The van der Waals surface area contributed by atoms with Crippen LogP contribution in [0.15, 0.2) is 243 Å². The molecule has 282 valence electrons. The number of nitrogens with zero attached hydrogens (tertiary/aromatic N) is 2. The first-order valence-electron chi connectivity index (χ1n) is 20.6. The molecule has 0 amide bonds. The highest BCUT2D eigenvalue weighted by Gasteiger charge is 2.21. The Labute approximate surface area is 350 Å². The average molecular weight is 765 g/mol. The van der Waals surface area contributed by atoms with Crippen LogP contribution in [-0.2, 0) is 0 Å². The lowest BCUT2D eigenvalue weighted by molar-refractivity contribution is 1.18. The minimum atomic E-state index is 1.09. The van der Waals surface area contributed by atoms with Gasteiger partial charge in [0.2, 0.25) is 0 Å². The molecule has 2 heteroatoms. The van der Waals surface area contributed by atoms with Crippen molar-refractivity contribution in [2.24, 2.45) is 0 Å². The van der Waals surface area contributed by atoms with Crippen LogP contribution in [0.3, 0.4) is 0 Å². The summed E-state index contributed by atoms with van der Waals surface area (Å²) in [5.41, 5.74) is 16.2. The van der Waals surface area contributed by atoms with E-state index in [2.05, 4.69) is 252 Å². The van der Waals surface area contributed by atoms with Crippen molar-refractivity contribution >= 4 is 49.6 Å². The van der Waals surface area contributed by atoms with Gasteiger partial charge in [-0.25, -0.2) is 0 Å². The summed E-state index contributed by atoms with van der Waals surface area (Å²) >= 11 is 0. The largest absolute Gasteiger partial charge is 0.310 e. The number of hydrogen-bond donors (Lipinski definition) is 0. The molecular weight excluding hydrogens is 725 g/mol. The molecule has 2 nitrogen and oxygen atoms in total. The van der Waals surface area contributed by atoms with E-state index in [0.717, 1.165) is 45.0 Å². The van der Waals surface area contributed by atoms with Gasteiger partial charge in [0.15, 0.2) is 0 Å². The van der Waals surface area contributed by atoms with E-state index in [9.17, 15) is 0 Å². The summed E-state index contributed by atoms with van der Waals surface area (Å²) in [6.07, 6.45) is 0. The fourth-order valence-corrected chi connectivity index (χ4v) is 8.90. The van der Waals surface area contributed by atoms with Gasteiger partial charge in [-0.15, -0.1) is 0 Å². The summed E-state index contributed by atoms with van der Waals surface area (Å²) in [7, 11) is 0. The zero-order chi connectivity index (χ0) is 39.8. The van der Waals surface area contributed by atoms with Crippen molar-refractivity contribution in [2.45, 2.75) is 0 Å². The fourth-order valence-electron chi connectivity index (χ4n) is 8.90. The Balaban J connectivity index is 1.04. The van der Waals surface area contributed by atoms with Gasteiger partial charge >= 0.3 is 0 Å². The van der Waals surface area contributed by atoms with Gasteiger partial charge in [0.1, 0.15) is 0 Å². The third kappa shape index (κ3) is 6.32. The van der Waals surface area contributed by atoms with Crippen LogP contribution in [-0.4, -0.2) is 4.57 Å². The number of rotatable bonds is 8. The molecule has 0 aliphatic rings. The molecule has 0 spiro atoms. The van der Waals surface area contributed by atoms with Gasteiger partial charge in [0, 0.05) is 33.3 Å². The highest BCUT2D eigenvalue weighted by Crippen LogP contribution is 2.45. The molecule has 0 saturated heterocycles. The van der Waals surface area contributed by atoms with Crippen LogP contribution in [0.1, 0.15) is 0 Å². The van der Waals surface area contributed by atoms with Gasteiger partial charge in [-0.2, -0.15) is 0 Å². The Morgan fingerprint density at radius 2 is 0.817 bits per heavy atom. The Morgan fingerprint density at radius 3 is 1.55 bits per heavy atom. The monoisotopic (exact) mass is 764 g/mol. The molecule has 1 heterocycles. The van der Waals surface area contributed by atoms with Crippen LogP contribution in [0.5, 0.6) is 0 Å². The lowest BCUT2D eigenvalue weighted by Crippen LogP contribution is -2.11. The van der Waals surface area contributed by atoms with E-state index in [1.807, 2.05) is 0 Å². The first-order chi connectivity index (χ1) is 29.8. The Kier molecular flexibility index (Phi) is 8.87. The predicted molar refractivity (Wildman–Crippen MR) is 255 cm³/mol. The van der Waals surface area contributed by atoms with E-state index in [-0.39, 0.29) is 0 Å². The Hall–Kier alpha value is -7.94. The van der Waals surface area contributed by atoms with Crippen molar-refractivity contribution in [1.29, 1.82) is 0 Å². The molecule has 0 bridgehead atoms. The second-order valence-corrected chi connectivity index (χ2v) is 15.3. The van der Waals surface area contributed by atoms with Crippen LogP contribution in [0.25, 0.3) is 82.8 Å². The summed E-state index contributed by atoms with van der Waals surface area (Å²) in [4.78, 5) is 2.40. The molecule has 60 heavy (non-hydrogen) atoms. The number of para-hydroxylation sites is 4. The predicted octanol–water partition coefficient (Wildman–Crippen LogP) is 16.1. The van der Waals surface area contributed by atoms with Crippen molar-refractivity contribution in [2.75, 3.05) is 4.90 Å². The van der Waals surface area contributed by atoms with E-state index in [1.165, 1.54) is 54.8 Å². The van der Waals surface area contributed by atoms with Gasteiger partial charge in [-0.3, -0.25) is 0 Å². The van der Waals surface area contributed by atoms with E-state index >= 15 is 0 Å². The van der Waals surface area contributed by atoms with Crippen LogP contribution in [0.4, 0.5) is 17.1 Å². The minimum absolute atomic E-state index is 1.09. The Bertz CT molecular complexity index is 3250. The molecule has 11 aromatic rings. The summed E-state index contributed by atoms with van der Waals surface area (Å²) in [6.45, 7) is 0. The lowest BCUT2D eigenvalue weighted by atomic mass is 9.95. The highest BCUT2D eigenvalue weighted by molar-refractivity contribution is 6.10. The van der Waals surface area contributed by atoms with Crippen molar-refractivity contribution in [3.05, 3.63) is 243 Å². The number of benzene rings is 10. The molecule has 0 aliphatic carbocycles. The first-order valence-corrected chi connectivity index (χ1v) is 20.6. The van der Waals surface area contributed by atoms with Crippen molar-refractivity contribution < 1.29 is 0 Å². The third-order valence-electron chi connectivity index (χ3n) is 11.8. The van der Waals surface area contributed by atoms with Gasteiger partial charge in [0.25, 0.3) is 0 Å². The molecule has 1 aromatic heterocycles. The topological polar surface area (TPSA) is 8.17 Å². The van der Waals surface area contributed by atoms with Crippen molar-refractivity contribution in [1.82, 2.24) is 4.57 Å². The Morgan fingerprint density at radius 1 is 0.283 bits per heavy atom. The zero-order valence-electron chi connectivity index (χ0n) is 33.0.